The number of hydrogen-bond acceptors (Lipinski definition) is 3. The minimum Gasteiger partial charge on any atom is -0.497 e. The molecule has 1 aromatic carbocycles. The molecule has 0 spiro atoms. The van der Waals surface area contributed by atoms with Gasteiger partial charge in [0.2, 0.25) is 0 Å². The molecule has 0 bridgehead atoms. The molecule has 0 unspecified atom stereocenters. The quantitative estimate of drug-likeness (QED) is 0.682. The summed E-state index contributed by atoms with van der Waals surface area (Å²) < 4.78 is 6.95. The first-order valence-electron chi connectivity index (χ1n) is 6.35. The Balaban J connectivity index is 1.92. The van der Waals surface area contributed by atoms with Crippen LogP contribution in [0.25, 0.3) is 5.65 Å². The highest BCUT2D eigenvalue weighted by molar-refractivity contribution is 5.73. The van der Waals surface area contributed by atoms with Crippen molar-refractivity contribution in [1.82, 2.24) is 9.38 Å². The molecule has 0 aliphatic heterocycles. The Morgan fingerprint density at radius 3 is 2.70 bits per heavy atom. The monoisotopic (exact) mass is 266 g/mol. The van der Waals surface area contributed by atoms with Gasteiger partial charge in [0.15, 0.2) is 6.29 Å². The van der Waals surface area contributed by atoms with Crippen LogP contribution in [0.3, 0.4) is 0 Å². The molecule has 0 fully saturated rings. The highest BCUT2D eigenvalue weighted by Gasteiger charge is 2.05. The number of nitrogens with zero attached hydrogens (tertiary/aromatic N) is 2. The molecule has 3 aromatic rings. The maximum atomic E-state index is 11.0. The number of imidazole rings is 1. The molecule has 0 aliphatic carbocycles. The molecule has 0 aliphatic rings. The van der Waals surface area contributed by atoms with Crippen molar-refractivity contribution < 1.29 is 9.53 Å². The number of pyridine rings is 1. The number of methoxy groups -OCH3 is 1. The summed E-state index contributed by atoms with van der Waals surface area (Å²) >= 11 is 0. The lowest BCUT2D eigenvalue weighted by molar-refractivity contribution is 0.111. The fraction of sp³-hybridized carbons (Fsp3) is 0.125. The van der Waals surface area contributed by atoms with Crippen molar-refractivity contribution in [2.24, 2.45) is 0 Å². The Morgan fingerprint density at radius 1 is 1.20 bits per heavy atom. The molecule has 0 N–H and O–H groups in total. The van der Waals surface area contributed by atoms with Crippen molar-refractivity contribution in [2.75, 3.05) is 7.11 Å². The number of hydrogen-bond donors (Lipinski definition) is 0. The van der Waals surface area contributed by atoms with Gasteiger partial charge in [-0.25, -0.2) is 4.98 Å². The average Bonchev–Trinajstić information content (AvgIpc) is 2.90. The second kappa shape index (κ2) is 5.17. The van der Waals surface area contributed by atoms with E-state index in [9.17, 15) is 4.79 Å². The number of aldehydes is 1. The second-order valence-electron chi connectivity index (χ2n) is 4.55. The van der Waals surface area contributed by atoms with Gasteiger partial charge < -0.3 is 4.74 Å². The summed E-state index contributed by atoms with van der Waals surface area (Å²) in [5.74, 6) is 0.840. The van der Waals surface area contributed by atoms with Crippen LogP contribution in [-0.4, -0.2) is 22.8 Å². The fourth-order valence-corrected chi connectivity index (χ4v) is 2.22. The molecular weight excluding hydrogens is 252 g/mol. The number of carbonyl (C=O) groups is 1. The van der Waals surface area contributed by atoms with Crippen LogP contribution in [0, 0.1) is 0 Å². The van der Waals surface area contributed by atoms with E-state index in [1.165, 1.54) is 0 Å². The van der Waals surface area contributed by atoms with Crippen molar-refractivity contribution in [1.29, 1.82) is 0 Å². The molecule has 0 atom stereocenters. The third-order valence-corrected chi connectivity index (χ3v) is 3.24. The van der Waals surface area contributed by atoms with Gasteiger partial charge in [-0.05, 0) is 29.8 Å². The van der Waals surface area contributed by atoms with Crippen LogP contribution in [-0.2, 0) is 6.42 Å². The van der Waals surface area contributed by atoms with E-state index in [1.54, 1.807) is 13.2 Å². The zero-order valence-electron chi connectivity index (χ0n) is 11.1. The van der Waals surface area contributed by atoms with Gasteiger partial charge >= 0.3 is 0 Å². The van der Waals surface area contributed by atoms with Crippen molar-refractivity contribution >= 4 is 11.9 Å². The molecule has 0 amide bonds. The molecule has 0 saturated carbocycles. The molecule has 100 valence electrons. The van der Waals surface area contributed by atoms with Gasteiger partial charge in [0.25, 0.3) is 0 Å². The van der Waals surface area contributed by atoms with Crippen LogP contribution in [0.4, 0.5) is 0 Å². The van der Waals surface area contributed by atoms with E-state index < -0.39 is 0 Å². The van der Waals surface area contributed by atoms with Gasteiger partial charge in [-0.15, -0.1) is 0 Å². The summed E-state index contributed by atoms with van der Waals surface area (Å²) in [5.41, 5.74) is 3.49. The van der Waals surface area contributed by atoms with Crippen molar-refractivity contribution in [3.8, 4) is 5.75 Å². The number of benzene rings is 1. The molecule has 0 saturated heterocycles. The Bertz CT molecular complexity index is 745. The first kappa shape index (κ1) is 12.4. The molecule has 2 heterocycles. The van der Waals surface area contributed by atoms with Gasteiger partial charge in [0, 0.05) is 12.6 Å². The first-order chi connectivity index (χ1) is 9.80. The predicted molar refractivity (Wildman–Crippen MR) is 76.4 cm³/mol. The Morgan fingerprint density at radius 2 is 2.00 bits per heavy atom. The molecule has 20 heavy (non-hydrogen) atoms. The van der Waals surface area contributed by atoms with E-state index in [1.807, 2.05) is 47.0 Å². The van der Waals surface area contributed by atoms with Crippen molar-refractivity contribution in [3.63, 3.8) is 0 Å². The normalized spacial score (nSPS) is 10.7. The topological polar surface area (TPSA) is 43.6 Å². The third-order valence-electron chi connectivity index (χ3n) is 3.24. The summed E-state index contributed by atoms with van der Waals surface area (Å²) in [5, 5.41) is 0. The number of aromatic nitrogens is 2. The molecule has 4 heteroatoms. The molecule has 3 rings (SSSR count). The minimum atomic E-state index is 0.607. The van der Waals surface area contributed by atoms with Crippen LogP contribution in [0.2, 0.25) is 0 Å². The first-order valence-corrected chi connectivity index (χ1v) is 6.35. The number of ether oxygens (including phenoxy) is 1. The second-order valence-corrected chi connectivity index (χ2v) is 4.55. The SMILES string of the molecule is COc1ccc(Cc2cn3c(C=O)cccc3n2)cc1. The van der Waals surface area contributed by atoms with Gasteiger partial charge in [0.1, 0.15) is 11.4 Å². The van der Waals surface area contributed by atoms with Gasteiger partial charge in [-0.1, -0.05) is 18.2 Å². The molecule has 4 nitrogen and oxygen atoms in total. The van der Waals surface area contributed by atoms with Crippen LogP contribution >= 0.6 is 0 Å². The van der Waals surface area contributed by atoms with E-state index in [0.717, 1.165) is 35.4 Å². The lowest BCUT2D eigenvalue weighted by Gasteiger charge is -2.01. The van der Waals surface area contributed by atoms with Crippen LogP contribution < -0.4 is 4.74 Å². The highest BCUT2D eigenvalue weighted by Crippen LogP contribution is 2.15. The van der Waals surface area contributed by atoms with E-state index in [0.29, 0.717) is 5.69 Å². The van der Waals surface area contributed by atoms with E-state index in [4.69, 9.17) is 4.74 Å². The molecule has 2 aromatic heterocycles. The Labute approximate surface area is 116 Å². The highest BCUT2D eigenvalue weighted by atomic mass is 16.5. The van der Waals surface area contributed by atoms with Crippen LogP contribution in [0.1, 0.15) is 21.7 Å². The summed E-state index contributed by atoms with van der Waals surface area (Å²) in [6, 6.07) is 13.4. The standard InChI is InChI=1S/C16H14N2O2/c1-20-15-7-5-12(6-8-15)9-13-10-18-14(11-19)3-2-4-16(18)17-13/h2-8,10-11H,9H2,1H3. The zero-order chi connectivity index (χ0) is 13.9. The zero-order valence-corrected chi connectivity index (χ0v) is 11.1. The summed E-state index contributed by atoms with van der Waals surface area (Å²) in [6.07, 6.45) is 3.47. The minimum absolute atomic E-state index is 0.607. The number of carbonyl (C=O) groups excluding carboxylic acids is 1. The number of rotatable bonds is 4. The van der Waals surface area contributed by atoms with Crippen molar-refractivity contribution in [2.45, 2.75) is 6.42 Å². The maximum Gasteiger partial charge on any atom is 0.166 e. The third kappa shape index (κ3) is 2.28. The van der Waals surface area contributed by atoms with E-state index in [-0.39, 0.29) is 0 Å². The van der Waals surface area contributed by atoms with Crippen LogP contribution in [0.5, 0.6) is 5.75 Å². The summed E-state index contributed by atoms with van der Waals surface area (Å²) in [6.45, 7) is 0. The Kier molecular flexibility index (Phi) is 3.21. The lowest BCUT2D eigenvalue weighted by atomic mass is 10.1. The van der Waals surface area contributed by atoms with Gasteiger partial charge in [-0.3, -0.25) is 9.20 Å². The smallest absolute Gasteiger partial charge is 0.166 e. The van der Waals surface area contributed by atoms with Crippen LogP contribution in [0.15, 0.2) is 48.7 Å². The summed E-state index contributed by atoms with van der Waals surface area (Å²) in [7, 11) is 1.65. The van der Waals surface area contributed by atoms with E-state index in [2.05, 4.69) is 4.98 Å². The maximum absolute atomic E-state index is 11.0. The van der Waals surface area contributed by atoms with Gasteiger partial charge in [0.05, 0.1) is 18.5 Å². The summed E-state index contributed by atoms with van der Waals surface area (Å²) in [4.78, 5) is 15.5. The fourth-order valence-electron chi connectivity index (χ4n) is 2.22. The van der Waals surface area contributed by atoms with E-state index >= 15 is 0 Å². The Hall–Kier alpha value is -2.62. The molecular formula is C16H14N2O2. The molecule has 0 radical (unpaired) electrons. The average molecular weight is 266 g/mol. The predicted octanol–water partition coefficient (Wildman–Crippen LogP) is 2.75. The lowest BCUT2D eigenvalue weighted by Crippen LogP contribution is -1.92. The largest absolute Gasteiger partial charge is 0.497 e. The number of fused-ring (bicyclic) bond motifs is 1. The van der Waals surface area contributed by atoms with Crippen molar-refractivity contribution in [3.05, 3.63) is 65.6 Å². The van der Waals surface area contributed by atoms with Gasteiger partial charge in [-0.2, -0.15) is 0 Å².